The van der Waals surface area contributed by atoms with Crippen molar-refractivity contribution in [3.63, 3.8) is 0 Å². The van der Waals surface area contributed by atoms with Crippen LogP contribution in [0.25, 0.3) is 11.2 Å². The van der Waals surface area contributed by atoms with Gasteiger partial charge in [0.25, 0.3) is 0 Å². The molecule has 4 rings (SSSR count). The number of ether oxygens (including phenoxy) is 1. The summed E-state index contributed by atoms with van der Waals surface area (Å²) in [7, 11) is 0. The SMILES string of the molecule is CCOC(=O)[C@@]12C[C@@H]1[C@@H](n1cnc3c(N)nc(Cl)nc31)[C@H](O)[C@@H]2O. The topological polar surface area (TPSA) is 136 Å². The van der Waals surface area contributed by atoms with Crippen molar-refractivity contribution in [1.29, 1.82) is 0 Å². The number of hydrogen-bond donors (Lipinski definition) is 3. The van der Waals surface area contributed by atoms with E-state index in [1.807, 2.05) is 0 Å². The Balaban J connectivity index is 1.78. The normalized spacial score (nSPS) is 34.3. The first-order valence-corrected chi connectivity index (χ1v) is 7.98. The monoisotopic (exact) mass is 353 g/mol. The van der Waals surface area contributed by atoms with Crippen LogP contribution in [-0.2, 0) is 9.53 Å². The number of nitrogens with zero attached hydrogens (tertiary/aromatic N) is 4. The summed E-state index contributed by atoms with van der Waals surface area (Å²) in [5.41, 5.74) is 5.44. The van der Waals surface area contributed by atoms with Gasteiger partial charge in [-0.15, -0.1) is 0 Å². The molecule has 4 N–H and O–H groups in total. The Morgan fingerprint density at radius 2 is 2.29 bits per heavy atom. The number of aromatic nitrogens is 4. The number of anilines is 1. The molecule has 2 aromatic rings. The number of carbonyl (C=O) groups excluding carboxylic acids is 1. The zero-order valence-electron chi connectivity index (χ0n) is 12.8. The lowest BCUT2D eigenvalue weighted by Gasteiger charge is -2.23. The Labute approximate surface area is 141 Å². The van der Waals surface area contributed by atoms with Crippen molar-refractivity contribution in [1.82, 2.24) is 19.5 Å². The average Bonchev–Trinajstić information content (AvgIpc) is 3.07. The van der Waals surface area contributed by atoms with E-state index in [9.17, 15) is 15.0 Å². The largest absolute Gasteiger partial charge is 0.465 e. The van der Waals surface area contributed by atoms with E-state index in [1.54, 1.807) is 11.5 Å². The molecule has 0 spiro atoms. The van der Waals surface area contributed by atoms with Crippen molar-refractivity contribution in [2.75, 3.05) is 12.3 Å². The smallest absolute Gasteiger partial charge is 0.315 e. The molecule has 10 heteroatoms. The molecule has 24 heavy (non-hydrogen) atoms. The van der Waals surface area contributed by atoms with E-state index in [0.29, 0.717) is 17.6 Å². The molecule has 0 aliphatic heterocycles. The maximum Gasteiger partial charge on any atom is 0.315 e. The number of halogens is 1. The third-order valence-corrected chi connectivity index (χ3v) is 5.24. The molecule has 2 heterocycles. The van der Waals surface area contributed by atoms with Crippen LogP contribution in [0.1, 0.15) is 19.4 Å². The van der Waals surface area contributed by atoms with E-state index in [1.165, 1.54) is 6.33 Å². The molecular formula is C14H16ClN5O4. The molecule has 9 nitrogen and oxygen atoms in total. The van der Waals surface area contributed by atoms with Gasteiger partial charge in [0.05, 0.1) is 25.1 Å². The maximum absolute atomic E-state index is 12.3. The number of fused-ring (bicyclic) bond motifs is 2. The number of aliphatic hydroxyl groups is 2. The fourth-order valence-corrected chi connectivity index (χ4v) is 4.08. The van der Waals surface area contributed by atoms with Gasteiger partial charge in [0, 0.05) is 5.92 Å². The van der Waals surface area contributed by atoms with E-state index in [-0.39, 0.29) is 23.6 Å². The fraction of sp³-hybridized carbons (Fsp3) is 0.571. The van der Waals surface area contributed by atoms with Crippen LogP contribution < -0.4 is 5.73 Å². The number of hydrogen-bond acceptors (Lipinski definition) is 8. The quantitative estimate of drug-likeness (QED) is 0.514. The molecule has 2 aromatic heterocycles. The van der Waals surface area contributed by atoms with Crippen LogP contribution in [0.2, 0.25) is 5.28 Å². The Bertz CT molecular complexity index is 842. The van der Waals surface area contributed by atoms with Gasteiger partial charge in [-0.2, -0.15) is 9.97 Å². The summed E-state index contributed by atoms with van der Waals surface area (Å²) >= 11 is 5.86. The van der Waals surface area contributed by atoms with Gasteiger partial charge in [-0.3, -0.25) is 4.79 Å². The number of aliphatic hydroxyl groups excluding tert-OH is 2. The van der Waals surface area contributed by atoms with Crippen molar-refractivity contribution in [3.05, 3.63) is 11.6 Å². The number of rotatable bonds is 3. The van der Waals surface area contributed by atoms with Crippen LogP contribution in [0, 0.1) is 11.3 Å². The third kappa shape index (κ3) is 1.83. The summed E-state index contributed by atoms with van der Waals surface area (Å²) in [6.45, 7) is 1.92. The lowest BCUT2D eigenvalue weighted by Crippen LogP contribution is -2.38. The van der Waals surface area contributed by atoms with Crippen LogP contribution in [0.15, 0.2) is 6.33 Å². The van der Waals surface area contributed by atoms with Crippen LogP contribution in [0.3, 0.4) is 0 Å². The van der Waals surface area contributed by atoms with Crippen LogP contribution in [0.4, 0.5) is 5.82 Å². The Kier molecular flexibility index (Phi) is 3.25. The van der Waals surface area contributed by atoms with Gasteiger partial charge in [0.1, 0.15) is 17.0 Å². The standard InChI is InChI=1S/C14H16ClN5O4/c1-2-24-12(23)14-3-5(14)7(8(21)9(14)22)20-4-17-6-10(16)18-13(15)19-11(6)20/h4-5,7-9,21-22H,2-3H2,1H3,(H2,16,18,19)/t5-,7-,8+,9+,14+/m1/s1. The highest BCUT2D eigenvalue weighted by molar-refractivity contribution is 6.28. The van der Waals surface area contributed by atoms with Gasteiger partial charge < -0.3 is 25.3 Å². The second kappa shape index (κ2) is 5.01. The summed E-state index contributed by atoms with van der Waals surface area (Å²) in [6, 6.07) is -0.570. The summed E-state index contributed by atoms with van der Waals surface area (Å²) in [6.07, 6.45) is -0.464. The van der Waals surface area contributed by atoms with Crippen molar-refractivity contribution in [2.24, 2.45) is 11.3 Å². The van der Waals surface area contributed by atoms with Crippen molar-refractivity contribution in [3.8, 4) is 0 Å². The zero-order chi connectivity index (χ0) is 17.2. The molecule has 5 atom stereocenters. The summed E-state index contributed by atoms with van der Waals surface area (Å²) in [4.78, 5) is 24.4. The minimum atomic E-state index is -1.21. The predicted octanol–water partition coefficient (Wildman–Crippen LogP) is -0.0922. The minimum Gasteiger partial charge on any atom is -0.465 e. The molecule has 0 aromatic carbocycles. The molecule has 0 unspecified atom stereocenters. The second-order valence-corrected chi connectivity index (χ2v) is 6.54. The van der Waals surface area contributed by atoms with Crippen LogP contribution >= 0.6 is 11.6 Å². The molecular weight excluding hydrogens is 338 g/mol. The highest BCUT2D eigenvalue weighted by atomic mass is 35.5. The van der Waals surface area contributed by atoms with Gasteiger partial charge in [0.15, 0.2) is 11.5 Å². The molecule has 0 radical (unpaired) electrons. The first kappa shape index (κ1) is 15.6. The van der Waals surface area contributed by atoms with E-state index in [2.05, 4.69) is 15.0 Å². The first-order chi connectivity index (χ1) is 11.4. The van der Waals surface area contributed by atoms with Crippen molar-refractivity contribution < 1.29 is 19.7 Å². The highest BCUT2D eigenvalue weighted by Crippen LogP contribution is 2.68. The van der Waals surface area contributed by atoms with Crippen molar-refractivity contribution in [2.45, 2.75) is 31.6 Å². The third-order valence-electron chi connectivity index (χ3n) is 5.07. The van der Waals surface area contributed by atoms with Gasteiger partial charge in [-0.1, -0.05) is 0 Å². The zero-order valence-corrected chi connectivity index (χ0v) is 13.5. The maximum atomic E-state index is 12.3. The number of esters is 1. The lowest BCUT2D eigenvalue weighted by atomic mass is 9.99. The number of nitrogen functional groups attached to an aromatic ring is 1. The highest BCUT2D eigenvalue weighted by Gasteiger charge is 2.76. The minimum absolute atomic E-state index is 0.0396. The Morgan fingerprint density at radius 1 is 1.54 bits per heavy atom. The van der Waals surface area contributed by atoms with E-state index < -0.39 is 29.6 Å². The van der Waals surface area contributed by atoms with Crippen LogP contribution in [0.5, 0.6) is 0 Å². The molecule has 2 fully saturated rings. The molecule has 2 aliphatic rings. The van der Waals surface area contributed by atoms with Crippen molar-refractivity contribution >= 4 is 34.6 Å². The number of nitrogens with two attached hydrogens (primary N) is 1. The Morgan fingerprint density at radius 3 is 3.00 bits per heavy atom. The molecule has 0 bridgehead atoms. The summed E-state index contributed by atoms with van der Waals surface area (Å²) in [5.74, 6) is -0.626. The van der Waals surface area contributed by atoms with E-state index >= 15 is 0 Å². The van der Waals surface area contributed by atoms with Gasteiger partial charge in [-0.25, -0.2) is 4.98 Å². The molecule has 2 saturated carbocycles. The number of imidazole rings is 1. The molecule has 2 aliphatic carbocycles. The van der Waals surface area contributed by atoms with E-state index in [4.69, 9.17) is 22.1 Å². The Hall–Kier alpha value is -1.97. The predicted molar refractivity (Wildman–Crippen MR) is 83.0 cm³/mol. The fourth-order valence-electron chi connectivity index (χ4n) is 3.91. The molecule has 0 amide bonds. The lowest BCUT2D eigenvalue weighted by molar-refractivity contribution is -0.156. The second-order valence-electron chi connectivity index (χ2n) is 6.20. The summed E-state index contributed by atoms with van der Waals surface area (Å²) in [5, 5.41) is 20.9. The summed E-state index contributed by atoms with van der Waals surface area (Å²) < 4.78 is 6.68. The van der Waals surface area contributed by atoms with Gasteiger partial charge >= 0.3 is 5.97 Å². The van der Waals surface area contributed by atoms with Gasteiger partial charge in [0.2, 0.25) is 5.28 Å². The molecule has 0 saturated heterocycles. The van der Waals surface area contributed by atoms with Crippen LogP contribution in [-0.4, -0.2) is 54.5 Å². The number of carbonyl (C=O) groups is 1. The molecule has 128 valence electrons. The first-order valence-electron chi connectivity index (χ1n) is 7.60. The average molecular weight is 354 g/mol. The van der Waals surface area contributed by atoms with Gasteiger partial charge in [-0.05, 0) is 24.9 Å². The van der Waals surface area contributed by atoms with E-state index in [0.717, 1.165) is 0 Å².